The first-order valence-electron chi connectivity index (χ1n) is 15.3. The van der Waals surface area contributed by atoms with Crippen LogP contribution in [0, 0.1) is 23.7 Å². The first-order valence-corrected chi connectivity index (χ1v) is 15.3. The minimum Gasteiger partial charge on any atom is -0.453 e. The first-order chi connectivity index (χ1) is 22.2. The highest BCUT2D eigenvalue weighted by Crippen LogP contribution is 2.20. The van der Waals surface area contributed by atoms with E-state index in [1.807, 2.05) is 53.7 Å². The lowest BCUT2D eigenvalue weighted by Gasteiger charge is -2.29. The Bertz CT molecular complexity index is 1440. The van der Waals surface area contributed by atoms with Crippen LogP contribution in [-0.4, -0.2) is 107 Å². The van der Waals surface area contributed by atoms with Crippen LogP contribution in [0.2, 0.25) is 0 Å². The predicted octanol–water partition coefficient (Wildman–Crippen LogP) is 3.01. The Morgan fingerprint density at radius 2 is 1.32 bits per heavy atom. The van der Waals surface area contributed by atoms with Gasteiger partial charge in [0.15, 0.2) is 0 Å². The Morgan fingerprint density at radius 1 is 0.830 bits per heavy atom. The van der Waals surface area contributed by atoms with E-state index in [0.29, 0.717) is 23.9 Å². The van der Waals surface area contributed by atoms with Crippen molar-refractivity contribution in [2.45, 2.75) is 65.7 Å². The van der Waals surface area contributed by atoms with E-state index in [-0.39, 0.29) is 36.3 Å². The number of rotatable bonds is 14. The maximum absolute atomic E-state index is 13.0. The molecule has 0 saturated carbocycles. The van der Waals surface area contributed by atoms with Crippen molar-refractivity contribution >= 4 is 30.1 Å². The SMILES string of the molecule is COC(=O)N[C@@H](C(=O)N(C)[C@H](C)c1ncc(C#CCOC/C=C/c2cnc([C@@H](C)N(C)C(=O)[C@H](NC(=O)OC)C(C)C)[nH]2)[nH]1)C(C)C. The molecule has 4 amide bonds. The number of carbonyl (C=O) groups excluding carboxylic acids is 4. The zero-order chi connectivity index (χ0) is 35.3. The molecule has 15 nitrogen and oxygen atoms in total. The number of methoxy groups -OCH3 is 2. The second kappa shape index (κ2) is 18.3. The third kappa shape index (κ3) is 11.2. The molecule has 0 unspecified atom stereocenters. The molecule has 0 aliphatic heterocycles. The topological polar surface area (TPSA) is 184 Å². The monoisotopic (exact) mass is 656 g/mol. The van der Waals surface area contributed by atoms with Crippen LogP contribution in [0.3, 0.4) is 0 Å². The molecule has 2 aromatic heterocycles. The summed E-state index contributed by atoms with van der Waals surface area (Å²) in [6.45, 7) is 11.5. The molecule has 2 aromatic rings. The second-order valence-electron chi connectivity index (χ2n) is 11.6. The van der Waals surface area contributed by atoms with Crippen molar-refractivity contribution in [1.82, 2.24) is 40.4 Å². The highest BCUT2D eigenvalue weighted by atomic mass is 16.5. The molecular formula is C32H48N8O7. The number of ether oxygens (including phenoxy) is 3. The number of aromatic nitrogens is 4. The molecule has 0 radical (unpaired) electrons. The van der Waals surface area contributed by atoms with Gasteiger partial charge in [-0.2, -0.15) is 0 Å². The summed E-state index contributed by atoms with van der Waals surface area (Å²) in [5, 5.41) is 5.18. The van der Waals surface area contributed by atoms with E-state index < -0.39 is 30.3 Å². The van der Waals surface area contributed by atoms with E-state index >= 15 is 0 Å². The van der Waals surface area contributed by atoms with Gasteiger partial charge in [-0.15, -0.1) is 0 Å². The molecule has 258 valence electrons. The molecule has 0 aliphatic carbocycles. The molecule has 0 aliphatic rings. The van der Waals surface area contributed by atoms with E-state index in [0.717, 1.165) is 5.69 Å². The van der Waals surface area contributed by atoms with Crippen LogP contribution in [0.1, 0.15) is 76.7 Å². The number of nitrogens with one attached hydrogen (secondary N) is 4. The fourth-order valence-electron chi connectivity index (χ4n) is 4.33. The van der Waals surface area contributed by atoms with Crippen molar-refractivity contribution in [2.75, 3.05) is 41.5 Å². The fourth-order valence-corrected chi connectivity index (χ4v) is 4.33. The van der Waals surface area contributed by atoms with Gasteiger partial charge in [-0.25, -0.2) is 19.6 Å². The minimum absolute atomic E-state index is 0.136. The van der Waals surface area contributed by atoms with Crippen LogP contribution in [0.5, 0.6) is 0 Å². The van der Waals surface area contributed by atoms with Gasteiger partial charge in [-0.1, -0.05) is 39.7 Å². The lowest BCUT2D eigenvalue weighted by atomic mass is 10.0. The maximum atomic E-state index is 13.0. The zero-order valence-electron chi connectivity index (χ0n) is 28.8. The van der Waals surface area contributed by atoms with Crippen LogP contribution < -0.4 is 10.6 Å². The summed E-state index contributed by atoms with van der Waals surface area (Å²) in [5.74, 6) is 6.23. The summed E-state index contributed by atoms with van der Waals surface area (Å²) >= 11 is 0. The Balaban J connectivity index is 1.87. The van der Waals surface area contributed by atoms with Gasteiger partial charge in [0.25, 0.3) is 0 Å². The summed E-state index contributed by atoms with van der Waals surface area (Å²) in [5.41, 5.74) is 1.31. The Hall–Kier alpha value is -4.84. The van der Waals surface area contributed by atoms with Gasteiger partial charge in [0.1, 0.15) is 36.0 Å². The molecule has 0 saturated heterocycles. The van der Waals surface area contributed by atoms with Gasteiger partial charge in [0.05, 0.1) is 51.0 Å². The van der Waals surface area contributed by atoms with Crippen LogP contribution in [0.25, 0.3) is 6.08 Å². The number of likely N-dealkylation sites (N-methyl/N-ethyl adjacent to an activating group) is 2. The van der Waals surface area contributed by atoms with E-state index in [1.54, 1.807) is 26.5 Å². The van der Waals surface area contributed by atoms with E-state index in [9.17, 15) is 19.2 Å². The number of alkyl carbamates (subject to hydrolysis) is 2. The van der Waals surface area contributed by atoms with Gasteiger partial charge in [-0.3, -0.25) is 9.59 Å². The largest absolute Gasteiger partial charge is 0.453 e. The normalized spacial score (nSPS) is 13.7. The maximum Gasteiger partial charge on any atom is 0.407 e. The molecule has 0 aromatic carbocycles. The summed E-state index contributed by atoms with van der Waals surface area (Å²) in [4.78, 5) is 67.6. The Labute approximate surface area is 276 Å². The molecular weight excluding hydrogens is 608 g/mol. The number of amides is 4. The second-order valence-corrected chi connectivity index (χ2v) is 11.6. The highest BCUT2D eigenvalue weighted by Gasteiger charge is 2.32. The summed E-state index contributed by atoms with van der Waals surface area (Å²) < 4.78 is 14.9. The van der Waals surface area contributed by atoms with Crippen LogP contribution >= 0.6 is 0 Å². The van der Waals surface area contributed by atoms with Gasteiger partial charge >= 0.3 is 12.2 Å². The summed E-state index contributed by atoms with van der Waals surface area (Å²) in [6, 6.07) is -2.24. The van der Waals surface area contributed by atoms with Gasteiger partial charge in [0.2, 0.25) is 11.8 Å². The Kier molecular flexibility index (Phi) is 15.0. The zero-order valence-corrected chi connectivity index (χ0v) is 28.8. The van der Waals surface area contributed by atoms with E-state index in [2.05, 4.69) is 51.9 Å². The molecule has 0 spiro atoms. The molecule has 0 bridgehead atoms. The standard InChI is InChI=1S/C32H48N8O7/c1-19(2)25(37-31(43)45-9)29(41)39(7)21(5)27-33-17-23(35-27)13-11-15-47-16-12-14-24-18-34-28(36-24)22(6)40(8)30(42)26(20(3)4)38-32(44)46-10/h11,13,17-22,25-26H,15-16H2,1-10H3,(H,33,35)(H,34,36)(H,37,43)(H,38,44)/b13-11+/t21-,22-,25-,26-/m1/s1. The van der Waals surface area contributed by atoms with Gasteiger partial charge in [-0.05, 0) is 37.7 Å². The molecule has 15 heteroatoms. The van der Waals surface area contributed by atoms with Crippen LogP contribution in [0.4, 0.5) is 9.59 Å². The van der Waals surface area contributed by atoms with Crippen molar-refractivity contribution in [2.24, 2.45) is 11.8 Å². The Morgan fingerprint density at radius 3 is 1.81 bits per heavy atom. The molecule has 4 N–H and O–H groups in total. The van der Waals surface area contributed by atoms with E-state index in [1.165, 1.54) is 24.0 Å². The minimum atomic E-state index is -0.743. The lowest BCUT2D eigenvalue weighted by Crippen LogP contribution is -2.50. The third-order valence-corrected chi connectivity index (χ3v) is 7.55. The molecule has 0 fully saturated rings. The number of H-pyrrole nitrogens is 2. The van der Waals surface area contributed by atoms with Crippen LogP contribution in [0.15, 0.2) is 18.5 Å². The van der Waals surface area contributed by atoms with Crippen molar-refractivity contribution in [3.63, 3.8) is 0 Å². The quantitative estimate of drug-likeness (QED) is 0.175. The number of carbonyl (C=O) groups is 4. The third-order valence-electron chi connectivity index (χ3n) is 7.55. The number of hydrogen-bond acceptors (Lipinski definition) is 9. The fraction of sp³-hybridized carbons (Fsp3) is 0.562. The van der Waals surface area contributed by atoms with Crippen molar-refractivity contribution in [1.29, 1.82) is 0 Å². The smallest absolute Gasteiger partial charge is 0.407 e. The van der Waals surface area contributed by atoms with Crippen molar-refractivity contribution in [3.05, 3.63) is 41.5 Å². The number of aromatic amines is 2. The van der Waals surface area contributed by atoms with Crippen molar-refractivity contribution < 1.29 is 33.4 Å². The van der Waals surface area contributed by atoms with Crippen molar-refractivity contribution in [3.8, 4) is 11.8 Å². The predicted molar refractivity (Wildman–Crippen MR) is 175 cm³/mol. The van der Waals surface area contributed by atoms with Crippen LogP contribution in [-0.2, 0) is 23.8 Å². The summed E-state index contributed by atoms with van der Waals surface area (Å²) in [6.07, 6.45) is 5.55. The summed E-state index contributed by atoms with van der Waals surface area (Å²) in [7, 11) is 5.81. The van der Waals surface area contributed by atoms with Gasteiger partial charge < -0.3 is 44.6 Å². The number of nitrogens with zero attached hydrogens (tertiary/aromatic N) is 4. The molecule has 2 rings (SSSR count). The number of imidazole rings is 2. The van der Waals surface area contributed by atoms with E-state index in [4.69, 9.17) is 4.74 Å². The molecule has 47 heavy (non-hydrogen) atoms. The number of hydrogen-bond donors (Lipinski definition) is 4. The average Bonchev–Trinajstić information content (AvgIpc) is 3.73. The lowest BCUT2D eigenvalue weighted by molar-refractivity contribution is -0.135. The molecule has 2 heterocycles. The van der Waals surface area contributed by atoms with Gasteiger partial charge in [0, 0.05) is 14.1 Å². The first kappa shape index (κ1) is 38.3. The highest BCUT2D eigenvalue weighted by molar-refractivity contribution is 5.86. The molecule has 4 atom stereocenters. The average molecular weight is 657 g/mol.